The van der Waals surface area contributed by atoms with Crippen molar-refractivity contribution >= 4 is 104 Å². The van der Waals surface area contributed by atoms with Crippen LogP contribution < -0.4 is 22.9 Å². The molecule has 12 aliphatic carbocycles. The van der Waals surface area contributed by atoms with E-state index in [4.69, 9.17) is 22.9 Å². The van der Waals surface area contributed by atoms with Gasteiger partial charge in [0.2, 0.25) is 23.1 Å². The van der Waals surface area contributed by atoms with Gasteiger partial charge in [0.1, 0.15) is 91.4 Å². The molecule has 19 rings (SSSR count). The van der Waals surface area contributed by atoms with Gasteiger partial charge in [0.25, 0.3) is 23.6 Å². The Labute approximate surface area is 846 Å². The molecule has 12 aliphatic rings. The zero-order valence-corrected chi connectivity index (χ0v) is 83.6. The summed E-state index contributed by atoms with van der Waals surface area (Å²) in [6, 6.07) is 27.7. The first kappa shape index (κ1) is 105. The number of hydrogen-bond acceptors (Lipinski definition) is 33. The SMILES string of the molecule is CCc1ccc(O)c2c1C[C@H]1C[C@H]3[C@H](N(C)C)C(=O)C(C(N)=O)=C(O)[C@@]3(O)C(=O)C1=C2O.CN(C)[C@@H]1C(=O)C(C(N)=O)=C(O)[C@@]2(O)C(=O)C3=C(O)c4c(O)ccc(-c5ccc(C(C)(C)C)cc5)c4C[C@H]3C[C@@H]12.Cc1ccc(-c2ccc(O)c3c2C[C@H]2C[C@H]4[C@H](N(C)C)C(=O)C(C(N)=O)=C(O)[C@@]4(O)C(=O)C2=C3O)s1.Cc1ccc(C#Cc2ccc(O)c3c2C[C@H]2C[C@H]4[C@H](N(C)C)C(=O)C(C(N)=O)=C(O)[C@@]4(O)C(=O)C2=C3O)cc1. The molecular weight excluding hydrogens is 1910 g/mol. The molecule has 6 aromatic carbocycles. The van der Waals surface area contributed by atoms with Crippen molar-refractivity contribution in [2.45, 2.75) is 151 Å². The van der Waals surface area contributed by atoms with Crippen molar-refractivity contribution in [3.63, 3.8) is 0 Å². The van der Waals surface area contributed by atoms with Gasteiger partial charge in [-0.2, -0.15) is 0 Å². The number of hydrogen-bond donors (Lipinski definition) is 20. The van der Waals surface area contributed by atoms with Gasteiger partial charge < -0.3 is 105 Å². The predicted octanol–water partition coefficient (Wildman–Crippen LogP) is 7.13. The number of benzene rings is 6. The van der Waals surface area contributed by atoms with Crippen LogP contribution in [-0.4, -0.2) is 274 Å². The Balaban J connectivity index is 0.000000140. The smallest absolute Gasteiger partial charge is 0.255 e. The normalized spacial score (nSPS) is 27.4. The number of aromatic hydroxyl groups is 4. The van der Waals surface area contributed by atoms with Crippen LogP contribution in [0.4, 0.5) is 0 Å². The summed E-state index contributed by atoms with van der Waals surface area (Å²) in [5, 5.41) is 178. The Morgan fingerprint density at radius 2 is 0.673 bits per heavy atom. The van der Waals surface area contributed by atoms with E-state index in [1.54, 1.807) is 92.0 Å². The van der Waals surface area contributed by atoms with Gasteiger partial charge in [-0.1, -0.05) is 93.6 Å². The highest BCUT2D eigenvalue weighted by Crippen LogP contribution is 2.60. The van der Waals surface area contributed by atoms with E-state index in [0.29, 0.717) is 40.7 Å². The maximum atomic E-state index is 14.0. The summed E-state index contributed by atoms with van der Waals surface area (Å²) >= 11 is 1.56. The van der Waals surface area contributed by atoms with Crippen molar-refractivity contribution in [1.29, 1.82) is 0 Å². The number of phenols is 4. The fourth-order valence-electron chi connectivity index (χ4n) is 24.5. The fourth-order valence-corrected chi connectivity index (χ4v) is 25.4. The molecule has 16 atom stereocenters. The molecule has 0 saturated heterocycles. The Morgan fingerprint density at radius 1 is 0.374 bits per heavy atom. The first-order valence-electron chi connectivity index (χ1n) is 47.6. The Hall–Kier alpha value is -15.0. The summed E-state index contributed by atoms with van der Waals surface area (Å²) in [5.74, 6) is -20.2. The minimum absolute atomic E-state index is 0.0157. The number of aryl methyl sites for hydroxylation is 3. The van der Waals surface area contributed by atoms with Gasteiger partial charge in [0.05, 0.1) is 46.4 Å². The van der Waals surface area contributed by atoms with Gasteiger partial charge in [0.15, 0.2) is 45.5 Å². The first-order chi connectivity index (χ1) is 68.8. The molecule has 0 spiro atoms. The van der Waals surface area contributed by atoms with Crippen molar-refractivity contribution in [3.05, 3.63) is 254 Å². The highest BCUT2D eigenvalue weighted by Gasteiger charge is 2.70. The summed E-state index contributed by atoms with van der Waals surface area (Å²) in [5.41, 5.74) is 16.5. The first-order valence-corrected chi connectivity index (χ1v) is 48.4. The molecule has 1 aromatic heterocycles. The summed E-state index contributed by atoms with van der Waals surface area (Å²) in [6.07, 6.45) is 1.84. The van der Waals surface area contributed by atoms with Crippen LogP contribution in [0.2, 0.25) is 0 Å². The predicted molar refractivity (Wildman–Crippen MR) is 536 cm³/mol. The maximum absolute atomic E-state index is 14.0. The molecule has 4 saturated carbocycles. The number of likely N-dealkylation sites (N-methyl/N-ethyl adjacent to an activating group) is 4. The lowest BCUT2D eigenvalue weighted by Crippen LogP contribution is -2.65. The number of phenolic OH excluding ortho intramolecular Hbond substituents is 4. The van der Waals surface area contributed by atoms with Crippen LogP contribution >= 0.6 is 11.3 Å². The number of nitrogens with zero attached hydrogens (tertiary/aromatic N) is 4. The molecule has 0 unspecified atom stereocenters. The van der Waals surface area contributed by atoms with E-state index in [1.165, 1.54) is 43.9 Å². The molecule has 4 fully saturated rings. The molecule has 7 aromatic rings. The third-order valence-corrected chi connectivity index (χ3v) is 32.4. The van der Waals surface area contributed by atoms with Crippen molar-refractivity contribution < 1.29 is 139 Å². The number of aliphatic hydroxyl groups is 12. The summed E-state index contributed by atoms with van der Waals surface area (Å²) in [4.78, 5) is 164. The second-order valence-corrected chi connectivity index (χ2v) is 42.9. The van der Waals surface area contributed by atoms with Crippen molar-refractivity contribution in [1.82, 2.24) is 19.6 Å². The number of primary amides is 4. The quantitative estimate of drug-likeness (QED) is 0.0452. The Kier molecular flexibility index (Phi) is 26.7. The highest BCUT2D eigenvalue weighted by atomic mass is 32.1. The number of aliphatic hydroxyl groups excluding tert-OH is 8. The van der Waals surface area contributed by atoms with Gasteiger partial charge in [-0.25, -0.2) is 0 Å². The highest BCUT2D eigenvalue weighted by molar-refractivity contribution is 7.15. The third-order valence-electron chi connectivity index (χ3n) is 31.4. The van der Waals surface area contributed by atoms with Crippen molar-refractivity contribution in [3.8, 4) is 56.4 Å². The van der Waals surface area contributed by atoms with Crippen LogP contribution in [0.5, 0.6) is 23.0 Å². The van der Waals surface area contributed by atoms with Crippen molar-refractivity contribution in [2.75, 3.05) is 56.4 Å². The van der Waals surface area contributed by atoms with E-state index in [1.807, 2.05) is 81.4 Å². The number of amides is 4. The monoisotopic (exact) mass is 2030 g/mol. The van der Waals surface area contributed by atoms with Crippen molar-refractivity contribution in [2.24, 2.45) is 70.3 Å². The fraction of sp³-hybridized carbons (Fsp3) is 0.364. The lowest BCUT2D eigenvalue weighted by Gasteiger charge is -2.50. The van der Waals surface area contributed by atoms with E-state index in [-0.39, 0.29) is 118 Å². The molecule has 37 heteroatoms. The van der Waals surface area contributed by atoms with Gasteiger partial charge in [0, 0.05) is 66.8 Å². The molecule has 147 heavy (non-hydrogen) atoms. The van der Waals surface area contributed by atoms with Crippen LogP contribution in [0.1, 0.15) is 131 Å². The van der Waals surface area contributed by atoms with Crippen LogP contribution in [0, 0.1) is 73.0 Å². The molecule has 0 aliphatic heterocycles. The van der Waals surface area contributed by atoms with E-state index in [9.17, 15) is 139 Å². The van der Waals surface area contributed by atoms with Crippen LogP contribution in [-0.2, 0) is 95.1 Å². The molecule has 24 N–H and O–H groups in total. The molecule has 0 radical (unpaired) electrons. The Bertz CT molecular complexity index is 7370. The minimum atomic E-state index is -2.66. The average molecular weight is 2030 g/mol. The number of rotatable bonds is 11. The van der Waals surface area contributed by atoms with E-state index in [0.717, 1.165) is 48.7 Å². The number of thiophene rings is 1. The van der Waals surface area contributed by atoms with Gasteiger partial charge >= 0.3 is 0 Å². The number of ketones is 8. The average Bonchev–Trinajstić information content (AvgIpc) is 0.867. The second kappa shape index (κ2) is 37.5. The molecular formula is C110H114N8O28S. The summed E-state index contributed by atoms with van der Waals surface area (Å²) in [6.45, 7) is 12.2. The van der Waals surface area contributed by atoms with Gasteiger partial charge in [-0.3, -0.25) is 77.1 Å². The van der Waals surface area contributed by atoms with E-state index in [2.05, 4.69) is 32.6 Å². The number of Topliss-reactive ketones (excluding diaryl/α,β-unsaturated/α-hetero) is 8. The zero-order chi connectivity index (χ0) is 108. The molecule has 768 valence electrons. The maximum Gasteiger partial charge on any atom is 0.255 e. The summed E-state index contributed by atoms with van der Waals surface area (Å²) in [7, 11) is 12.6. The molecule has 0 bridgehead atoms. The largest absolute Gasteiger partial charge is 0.508 e. The van der Waals surface area contributed by atoms with Crippen LogP contribution in [0.3, 0.4) is 0 Å². The molecule has 1 heterocycles. The number of carbonyl (C=O) groups excluding carboxylic acids is 12. The van der Waals surface area contributed by atoms with Crippen LogP contribution in [0.25, 0.3) is 44.6 Å². The third kappa shape index (κ3) is 16.2. The summed E-state index contributed by atoms with van der Waals surface area (Å²) < 4.78 is 0. The minimum Gasteiger partial charge on any atom is -0.508 e. The molecule has 4 amide bonds. The number of fused-ring (bicyclic) bond motifs is 12. The van der Waals surface area contributed by atoms with E-state index >= 15 is 0 Å². The topological polar surface area (TPSA) is 646 Å². The van der Waals surface area contributed by atoms with Crippen LogP contribution in [0.15, 0.2) is 177 Å². The lowest BCUT2D eigenvalue weighted by atomic mass is 9.57. The standard InChI is InChI=1S/C31H34N2O7.C30H28N2O7.C26H26N2O7S.C23H26N2O7/c1-30(2,3)16-8-6-14(7-9-16)17-10-11-20(34)22-18(17)12-15-13-19-24(33(4)5)26(36)23(29(32)39)28(38)31(19,40)27(37)21(15)25(22)35;1-14-4-6-15(7-5-14)8-9-16-10-11-20(33)22-18(16)12-17-13-19-24(32(2)3)26(35)23(29(31)38)28(37)30(19,39)27(36)21(17)25(22)34;1-10-4-7-16(36-10)12-5-6-15(29)18-13(12)8-11-9-14-20(28(2)3)22(31)19(25(27)34)24(33)26(14,35)23(32)17(11)21(18)30;1-4-9-5-6-13(26)15-11(9)7-10-8-12-17(25(2)3)19(28)16(22(24)31)21(30)23(12,32)20(29)14(10)18(15)27/h6-11,15,19,24,34-35,38,40H,12-13H2,1-5H3,(H2,32,39);4-7,10-11,17,19,24,33-34,37,39H,12-13H2,1-3H3,(H2,31,38);4-7,11,14,20,29-30,33,35H,8-9H2,1-3H3,(H2,27,34);5-6,10,12,17,26-27,30,32H,4,7-8H2,1-3H3,(H2,24,31)/t15-,19-,24-,31-;17-,19-,24-,30-;11-,14-,20-,26-;10-,12-,17-,23-/m0000/s1. The van der Waals surface area contributed by atoms with E-state index < -0.39 is 232 Å². The second-order valence-electron chi connectivity index (χ2n) is 41.6. The number of nitrogens with two attached hydrogens (primary N) is 4. The molecule has 36 nitrogen and oxygen atoms in total. The van der Waals surface area contributed by atoms with Gasteiger partial charge in [-0.05, 0) is 268 Å². The number of carbonyl (C=O) groups is 12. The zero-order valence-electron chi connectivity index (χ0n) is 82.7. The van der Waals surface area contributed by atoms with Gasteiger partial charge in [-0.15, -0.1) is 11.3 Å². The lowest BCUT2D eigenvalue weighted by molar-refractivity contribution is -0.155. The Morgan fingerprint density at radius 3 is 0.986 bits per heavy atom.